The van der Waals surface area contributed by atoms with Gasteiger partial charge in [-0.2, -0.15) is 0 Å². The Morgan fingerprint density at radius 2 is 2.04 bits per heavy atom. The minimum Gasteiger partial charge on any atom is -0.340 e. The summed E-state index contributed by atoms with van der Waals surface area (Å²) in [5.41, 5.74) is 2.72. The highest BCUT2D eigenvalue weighted by atomic mass is 32.1. The van der Waals surface area contributed by atoms with E-state index in [1.165, 1.54) is 11.3 Å². The Balaban J connectivity index is 1.47. The van der Waals surface area contributed by atoms with E-state index in [-0.39, 0.29) is 6.42 Å². The number of para-hydroxylation sites is 1. The van der Waals surface area contributed by atoms with Crippen molar-refractivity contribution >= 4 is 50.1 Å². The monoisotopic (exact) mass is 380 g/mol. The molecule has 136 valence electrons. The smallest absolute Gasteiger partial charge is 0.254 e. The van der Waals surface area contributed by atoms with E-state index in [2.05, 4.69) is 20.9 Å². The predicted octanol–water partition coefficient (Wildman–Crippen LogP) is 2.68. The summed E-state index contributed by atoms with van der Waals surface area (Å²) in [5.74, 6) is -1.21. The Kier molecular flexibility index (Phi) is 4.33. The van der Waals surface area contributed by atoms with Crippen LogP contribution in [-0.4, -0.2) is 28.7 Å². The third kappa shape index (κ3) is 3.52. The zero-order chi connectivity index (χ0) is 19.0. The summed E-state index contributed by atoms with van der Waals surface area (Å²) < 4.78 is 0.973. The lowest BCUT2D eigenvalue weighted by Crippen LogP contribution is -2.43. The quantitative estimate of drug-likeness (QED) is 0.650. The number of hydrogen-bond acceptors (Lipinski definition) is 5. The van der Waals surface area contributed by atoms with Crippen LogP contribution in [0.15, 0.2) is 42.5 Å². The van der Waals surface area contributed by atoms with Crippen LogP contribution < -0.4 is 16.0 Å². The summed E-state index contributed by atoms with van der Waals surface area (Å²) in [4.78, 5) is 41.4. The van der Waals surface area contributed by atoms with E-state index < -0.39 is 23.8 Å². The third-order valence-electron chi connectivity index (χ3n) is 4.23. The maximum Gasteiger partial charge on any atom is 0.254 e. The topological polar surface area (TPSA) is 100 Å². The number of carbonyl (C=O) groups is 3. The van der Waals surface area contributed by atoms with Crippen molar-refractivity contribution in [3.8, 4) is 0 Å². The number of carbonyl (C=O) groups excluding carboxylic acids is 3. The van der Waals surface area contributed by atoms with E-state index in [0.717, 1.165) is 15.8 Å². The first-order valence-corrected chi connectivity index (χ1v) is 9.19. The molecule has 27 heavy (non-hydrogen) atoms. The number of amides is 3. The molecule has 0 unspecified atom stereocenters. The molecule has 0 aliphatic carbocycles. The van der Waals surface area contributed by atoms with E-state index in [4.69, 9.17) is 0 Å². The summed E-state index contributed by atoms with van der Waals surface area (Å²) in [6.07, 6.45) is -0.180. The van der Waals surface area contributed by atoms with E-state index >= 15 is 0 Å². The molecule has 0 fully saturated rings. The number of aryl methyl sites for hydroxylation is 1. The van der Waals surface area contributed by atoms with Crippen LogP contribution in [0.25, 0.3) is 10.2 Å². The van der Waals surface area contributed by atoms with Crippen LogP contribution in [0.4, 0.5) is 10.8 Å². The number of thiazole rings is 1. The van der Waals surface area contributed by atoms with Gasteiger partial charge in [-0.25, -0.2) is 4.98 Å². The van der Waals surface area contributed by atoms with E-state index in [9.17, 15) is 14.4 Å². The molecule has 3 N–H and O–H groups in total. The molecular formula is C19H16N4O3S. The summed E-state index contributed by atoms with van der Waals surface area (Å²) in [7, 11) is 0. The molecule has 1 aliphatic rings. The minimum absolute atomic E-state index is 0.180. The Morgan fingerprint density at radius 3 is 2.89 bits per heavy atom. The second kappa shape index (κ2) is 6.81. The van der Waals surface area contributed by atoms with Crippen molar-refractivity contribution in [2.75, 3.05) is 10.6 Å². The number of hydrogen-bond donors (Lipinski definition) is 3. The van der Waals surface area contributed by atoms with Crippen LogP contribution in [-0.2, 0) is 9.59 Å². The molecule has 1 atom stereocenters. The lowest BCUT2D eigenvalue weighted by molar-refractivity contribution is -0.122. The van der Waals surface area contributed by atoms with E-state index in [1.807, 2.05) is 25.1 Å². The first-order chi connectivity index (χ1) is 13.0. The Labute approximate surface area is 158 Å². The average Bonchev–Trinajstić information content (AvgIpc) is 2.97. The molecular weight excluding hydrogens is 364 g/mol. The van der Waals surface area contributed by atoms with Gasteiger partial charge in [-0.15, -0.1) is 0 Å². The van der Waals surface area contributed by atoms with Crippen molar-refractivity contribution < 1.29 is 14.4 Å². The highest BCUT2D eigenvalue weighted by molar-refractivity contribution is 7.22. The van der Waals surface area contributed by atoms with Gasteiger partial charge in [0.2, 0.25) is 11.8 Å². The summed E-state index contributed by atoms with van der Waals surface area (Å²) in [5, 5.41) is 8.47. The van der Waals surface area contributed by atoms with Gasteiger partial charge in [-0.1, -0.05) is 29.5 Å². The zero-order valence-electron chi connectivity index (χ0n) is 14.4. The first kappa shape index (κ1) is 17.2. The third-order valence-corrected chi connectivity index (χ3v) is 5.16. The Hall–Kier alpha value is -3.26. The maximum absolute atomic E-state index is 12.4. The molecule has 8 heteroatoms. The molecule has 0 saturated heterocycles. The van der Waals surface area contributed by atoms with Crippen molar-refractivity contribution in [2.45, 2.75) is 19.4 Å². The van der Waals surface area contributed by atoms with Crippen LogP contribution in [0, 0.1) is 6.92 Å². The number of nitrogens with zero attached hydrogens (tertiary/aromatic N) is 1. The van der Waals surface area contributed by atoms with Gasteiger partial charge in [0.15, 0.2) is 5.13 Å². The summed E-state index contributed by atoms with van der Waals surface area (Å²) >= 11 is 1.37. The summed E-state index contributed by atoms with van der Waals surface area (Å²) in [6, 6.07) is 11.6. The number of benzene rings is 2. The predicted molar refractivity (Wildman–Crippen MR) is 104 cm³/mol. The molecule has 1 aliphatic heterocycles. The van der Waals surface area contributed by atoms with Crippen LogP contribution >= 0.6 is 11.3 Å². The van der Waals surface area contributed by atoms with Gasteiger partial charge in [-0.3, -0.25) is 14.4 Å². The lowest BCUT2D eigenvalue weighted by atomic mass is 10.1. The molecule has 4 rings (SSSR count). The van der Waals surface area contributed by atoms with E-state index in [1.54, 1.807) is 24.3 Å². The van der Waals surface area contributed by atoms with E-state index in [0.29, 0.717) is 16.4 Å². The first-order valence-electron chi connectivity index (χ1n) is 8.37. The van der Waals surface area contributed by atoms with Gasteiger partial charge < -0.3 is 16.0 Å². The van der Waals surface area contributed by atoms with Crippen molar-refractivity contribution in [3.05, 3.63) is 53.6 Å². The van der Waals surface area contributed by atoms with Gasteiger partial charge in [0.25, 0.3) is 5.91 Å². The number of nitrogens with one attached hydrogen (secondary N) is 3. The van der Waals surface area contributed by atoms with Crippen molar-refractivity contribution in [2.24, 2.45) is 0 Å². The molecule has 0 saturated carbocycles. The highest BCUT2D eigenvalue weighted by Gasteiger charge is 2.29. The molecule has 0 radical (unpaired) electrons. The maximum atomic E-state index is 12.4. The Bertz CT molecular complexity index is 1080. The standard InChI is InChI=1S/C19H16N4O3S/c1-10-6-7-13-15(8-10)27-19(22-13)23-16(24)9-14-18(26)20-12-5-3-2-4-11(12)17(25)21-14/h2-8,14H,9H2,1H3,(H,20,26)(H,21,25)(H,22,23,24)/t14-/m0/s1. The summed E-state index contributed by atoms with van der Waals surface area (Å²) in [6.45, 7) is 1.99. The lowest BCUT2D eigenvalue weighted by Gasteiger charge is -2.13. The molecule has 3 aromatic rings. The molecule has 1 aromatic heterocycles. The number of fused-ring (bicyclic) bond motifs is 2. The molecule has 0 bridgehead atoms. The van der Waals surface area contributed by atoms with Crippen molar-refractivity contribution in [3.63, 3.8) is 0 Å². The van der Waals surface area contributed by atoms with Crippen LogP contribution in [0.3, 0.4) is 0 Å². The largest absolute Gasteiger partial charge is 0.340 e. The van der Waals surface area contributed by atoms with Gasteiger partial charge in [0.1, 0.15) is 6.04 Å². The normalized spacial score (nSPS) is 16.3. The van der Waals surface area contributed by atoms with Crippen LogP contribution in [0.5, 0.6) is 0 Å². The van der Waals surface area contributed by atoms with Crippen LogP contribution in [0.2, 0.25) is 0 Å². The second-order valence-electron chi connectivity index (χ2n) is 6.30. The molecule has 2 aromatic carbocycles. The number of aromatic nitrogens is 1. The van der Waals surface area contributed by atoms with Crippen LogP contribution in [0.1, 0.15) is 22.3 Å². The number of anilines is 2. The average molecular weight is 380 g/mol. The Morgan fingerprint density at radius 1 is 1.22 bits per heavy atom. The second-order valence-corrected chi connectivity index (χ2v) is 7.33. The van der Waals surface area contributed by atoms with Gasteiger partial charge in [0, 0.05) is 0 Å². The van der Waals surface area contributed by atoms with Gasteiger partial charge >= 0.3 is 0 Å². The van der Waals surface area contributed by atoms with Crippen molar-refractivity contribution in [1.82, 2.24) is 10.3 Å². The number of rotatable bonds is 3. The SMILES string of the molecule is Cc1ccc2nc(NC(=O)C[C@@H]3NC(=O)c4ccccc4NC3=O)sc2c1. The molecule has 3 amide bonds. The fraction of sp³-hybridized carbons (Fsp3) is 0.158. The minimum atomic E-state index is -0.957. The fourth-order valence-electron chi connectivity index (χ4n) is 2.90. The highest BCUT2D eigenvalue weighted by Crippen LogP contribution is 2.27. The fourth-order valence-corrected chi connectivity index (χ4v) is 3.88. The van der Waals surface area contributed by atoms with Gasteiger partial charge in [-0.05, 0) is 36.8 Å². The zero-order valence-corrected chi connectivity index (χ0v) is 15.2. The molecule has 7 nitrogen and oxygen atoms in total. The molecule has 2 heterocycles. The van der Waals surface area contributed by atoms with Gasteiger partial charge in [0.05, 0.1) is 27.9 Å². The molecule has 0 spiro atoms. The van der Waals surface area contributed by atoms with Crippen molar-refractivity contribution in [1.29, 1.82) is 0 Å².